The maximum Gasteiger partial charge on any atom is 0.228 e. The minimum absolute atomic E-state index is 0.0762. The summed E-state index contributed by atoms with van der Waals surface area (Å²) < 4.78 is 0. The van der Waals surface area contributed by atoms with E-state index in [1.54, 1.807) is 24.8 Å². The highest BCUT2D eigenvalue weighted by Crippen LogP contribution is 2.30. The zero-order chi connectivity index (χ0) is 12.8. The first-order chi connectivity index (χ1) is 8.08. The Bertz CT molecular complexity index is 398. The van der Waals surface area contributed by atoms with Gasteiger partial charge in [-0.1, -0.05) is 25.4 Å². The first-order valence-electron chi connectivity index (χ1n) is 5.51. The Morgan fingerprint density at radius 2 is 2.29 bits per heavy atom. The van der Waals surface area contributed by atoms with Crippen LogP contribution in [0, 0.1) is 5.92 Å². The molecule has 0 saturated carbocycles. The van der Waals surface area contributed by atoms with Gasteiger partial charge in [-0.25, -0.2) is 0 Å². The number of anilines is 1. The van der Waals surface area contributed by atoms with Crippen molar-refractivity contribution in [1.82, 2.24) is 0 Å². The van der Waals surface area contributed by atoms with Gasteiger partial charge in [0, 0.05) is 22.4 Å². The second-order valence-electron chi connectivity index (χ2n) is 3.70. The van der Waals surface area contributed by atoms with Crippen LogP contribution in [0.5, 0.6) is 0 Å². The van der Waals surface area contributed by atoms with E-state index >= 15 is 0 Å². The molecule has 0 fully saturated rings. The molecule has 5 heteroatoms. The lowest BCUT2D eigenvalue weighted by molar-refractivity contribution is -0.119. The molecule has 1 unspecified atom stereocenters. The normalized spacial score (nSPS) is 12.2. The lowest BCUT2D eigenvalue weighted by Gasteiger charge is -2.13. The summed E-state index contributed by atoms with van der Waals surface area (Å²) in [6.45, 7) is 4.20. The average molecular weight is 273 g/mol. The average Bonchev–Trinajstić information content (AvgIpc) is 2.31. The zero-order valence-electron chi connectivity index (χ0n) is 10.00. The quantitative estimate of drug-likeness (QED) is 0.810. The zero-order valence-corrected chi connectivity index (χ0v) is 11.6. The van der Waals surface area contributed by atoms with Crippen LogP contribution in [0.15, 0.2) is 23.1 Å². The van der Waals surface area contributed by atoms with Gasteiger partial charge in [0.2, 0.25) is 5.91 Å². The molecule has 0 aliphatic rings. The van der Waals surface area contributed by atoms with Crippen molar-refractivity contribution in [2.24, 2.45) is 11.7 Å². The minimum atomic E-state index is -0.201. The van der Waals surface area contributed by atoms with Crippen molar-refractivity contribution in [2.75, 3.05) is 17.6 Å². The van der Waals surface area contributed by atoms with Gasteiger partial charge in [0.05, 0.1) is 5.69 Å². The van der Waals surface area contributed by atoms with E-state index in [-0.39, 0.29) is 11.8 Å². The highest BCUT2D eigenvalue weighted by molar-refractivity contribution is 7.99. The molecular formula is C12H17ClN2OS. The number of rotatable bonds is 5. The number of carbonyl (C=O) groups excluding carboxylic acids is 1. The monoisotopic (exact) mass is 272 g/mol. The molecule has 1 aromatic rings. The van der Waals surface area contributed by atoms with Crippen LogP contribution in [0.2, 0.25) is 5.02 Å². The molecule has 0 aliphatic heterocycles. The Labute approximate surface area is 111 Å². The van der Waals surface area contributed by atoms with Gasteiger partial charge in [-0.15, -0.1) is 11.8 Å². The van der Waals surface area contributed by atoms with Gasteiger partial charge in [0.15, 0.2) is 0 Å². The fourth-order valence-electron chi connectivity index (χ4n) is 1.24. The van der Waals surface area contributed by atoms with Gasteiger partial charge in [-0.3, -0.25) is 4.79 Å². The van der Waals surface area contributed by atoms with Gasteiger partial charge in [0.25, 0.3) is 0 Å². The molecule has 3 nitrogen and oxygen atoms in total. The number of hydrogen-bond acceptors (Lipinski definition) is 3. The summed E-state index contributed by atoms with van der Waals surface area (Å²) in [5.74, 6) is 0.665. The fraction of sp³-hybridized carbons (Fsp3) is 0.417. The van der Waals surface area contributed by atoms with Crippen molar-refractivity contribution >= 4 is 35.0 Å². The molecule has 1 aromatic carbocycles. The van der Waals surface area contributed by atoms with E-state index in [1.807, 2.05) is 12.1 Å². The van der Waals surface area contributed by atoms with Gasteiger partial charge in [0.1, 0.15) is 0 Å². The number of amides is 1. The molecule has 0 aromatic heterocycles. The largest absolute Gasteiger partial charge is 0.330 e. The van der Waals surface area contributed by atoms with E-state index in [9.17, 15) is 4.79 Å². The molecule has 0 spiro atoms. The van der Waals surface area contributed by atoms with E-state index < -0.39 is 0 Å². The molecule has 1 atom stereocenters. The Balaban J connectivity index is 2.87. The maximum absolute atomic E-state index is 11.8. The topological polar surface area (TPSA) is 55.1 Å². The van der Waals surface area contributed by atoms with E-state index in [0.717, 1.165) is 16.3 Å². The third kappa shape index (κ3) is 4.22. The minimum Gasteiger partial charge on any atom is -0.330 e. The van der Waals surface area contributed by atoms with Crippen molar-refractivity contribution < 1.29 is 4.79 Å². The summed E-state index contributed by atoms with van der Waals surface area (Å²) >= 11 is 7.60. The van der Waals surface area contributed by atoms with Crippen LogP contribution in [0.1, 0.15) is 13.8 Å². The molecule has 1 rings (SSSR count). The summed E-state index contributed by atoms with van der Waals surface area (Å²) in [6.07, 6.45) is 0. The number of thioether (sulfide) groups is 1. The van der Waals surface area contributed by atoms with Crippen molar-refractivity contribution in [3.63, 3.8) is 0 Å². The maximum atomic E-state index is 11.8. The Hall–Kier alpha value is -0.710. The lowest BCUT2D eigenvalue weighted by Crippen LogP contribution is -2.26. The number of carbonyl (C=O) groups is 1. The van der Waals surface area contributed by atoms with E-state index in [4.69, 9.17) is 17.3 Å². The Morgan fingerprint density at radius 3 is 2.88 bits per heavy atom. The van der Waals surface area contributed by atoms with Crippen molar-refractivity contribution in [2.45, 2.75) is 18.7 Å². The van der Waals surface area contributed by atoms with Crippen LogP contribution in [0.3, 0.4) is 0 Å². The van der Waals surface area contributed by atoms with Crippen LogP contribution >= 0.6 is 23.4 Å². The van der Waals surface area contributed by atoms with Crippen LogP contribution in [-0.2, 0) is 4.79 Å². The molecule has 0 saturated heterocycles. The summed E-state index contributed by atoms with van der Waals surface area (Å²) in [5.41, 5.74) is 6.22. The number of halogens is 1. The Morgan fingerprint density at radius 1 is 1.59 bits per heavy atom. The third-order valence-corrected chi connectivity index (χ3v) is 3.49. The summed E-state index contributed by atoms with van der Waals surface area (Å²) in [5, 5.41) is 3.47. The van der Waals surface area contributed by atoms with Crippen LogP contribution in [0.25, 0.3) is 0 Å². The first kappa shape index (κ1) is 14.4. The summed E-state index contributed by atoms with van der Waals surface area (Å²) in [6, 6.07) is 5.50. The number of nitrogens with two attached hydrogens (primary N) is 1. The summed E-state index contributed by atoms with van der Waals surface area (Å²) in [4.78, 5) is 12.8. The predicted molar refractivity (Wildman–Crippen MR) is 74.7 cm³/mol. The summed E-state index contributed by atoms with van der Waals surface area (Å²) in [7, 11) is 0. The number of hydrogen-bond donors (Lipinski definition) is 2. The second-order valence-corrected chi connectivity index (χ2v) is 5.44. The predicted octanol–water partition coefficient (Wildman–Crippen LogP) is 2.99. The standard InChI is InChI=1S/C12H17ClN2OS/c1-3-17-11-5-4-9(13)6-10(11)15-12(16)8(2)7-14/h4-6,8H,3,7,14H2,1-2H3,(H,15,16). The van der Waals surface area contributed by atoms with Crippen molar-refractivity contribution in [3.05, 3.63) is 23.2 Å². The molecular weight excluding hydrogens is 256 g/mol. The smallest absolute Gasteiger partial charge is 0.228 e. The SMILES string of the molecule is CCSc1ccc(Cl)cc1NC(=O)C(C)CN. The molecule has 0 radical (unpaired) electrons. The highest BCUT2D eigenvalue weighted by atomic mass is 35.5. The van der Waals surface area contributed by atoms with Crippen LogP contribution in [-0.4, -0.2) is 18.2 Å². The Kier molecular flexibility index (Phi) is 5.82. The second kappa shape index (κ2) is 6.89. The third-order valence-electron chi connectivity index (χ3n) is 2.30. The van der Waals surface area contributed by atoms with Crippen molar-refractivity contribution in [1.29, 1.82) is 0 Å². The number of benzene rings is 1. The van der Waals surface area contributed by atoms with Gasteiger partial charge in [-0.05, 0) is 24.0 Å². The van der Waals surface area contributed by atoms with Gasteiger partial charge in [-0.2, -0.15) is 0 Å². The van der Waals surface area contributed by atoms with Crippen LogP contribution in [0.4, 0.5) is 5.69 Å². The van der Waals surface area contributed by atoms with Gasteiger partial charge < -0.3 is 11.1 Å². The first-order valence-corrected chi connectivity index (χ1v) is 6.88. The highest BCUT2D eigenvalue weighted by Gasteiger charge is 2.13. The molecule has 3 N–H and O–H groups in total. The molecule has 17 heavy (non-hydrogen) atoms. The number of nitrogens with one attached hydrogen (secondary N) is 1. The molecule has 0 bridgehead atoms. The van der Waals surface area contributed by atoms with Crippen LogP contribution < -0.4 is 11.1 Å². The van der Waals surface area contributed by atoms with E-state index in [2.05, 4.69) is 12.2 Å². The van der Waals surface area contributed by atoms with Gasteiger partial charge >= 0.3 is 0 Å². The molecule has 0 aliphatic carbocycles. The molecule has 94 valence electrons. The van der Waals surface area contributed by atoms with E-state index in [1.165, 1.54) is 0 Å². The molecule has 1 amide bonds. The lowest BCUT2D eigenvalue weighted by atomic mass is 10.1. The fourth-order valence-corrected chi connectivity index (χ4v) is 2.16. The van der Waals surface area contributed by atoms with Crippen molar-refractivity contribution in [3.8, 4) is 0 Å². The molecule has 0 heterocycles. The van der Waals surface area contributed by atoms with E-state index in [0.29, 0.717) is 11.6 Å².